The van der Waals surface area contributed by atoms with Crippen LogP contribution in [0.1, 0.15) is 37.5 Å². The third-order valence-corrected chi connectivity index (χ3v) is 4.99. The molecule has 0 bridgehead atoms. The Labute approximate surface area is 181 Å². The van der Waals surface area contributed by atoms with Gasteiger partial charge in [-0.3, -0.25) is 9.59 Å². The number of amides is 2. The van der Waals surface area contributed by atoms with Gasteiger partial charge in [0.15, 0.2) is 0 Å². The number of nitrogens with one attached hydrogen (secondary N) is 1. The summed E-state index contributed by atoms with van der Waals surface area (Å²) in [5.74, 6) is -3.38. The minimum absolute atomic E-state index is 0.237. The number of carbonyl (C=O) groups excluding carboxylic acids is 3. The second-order valence-corrected chi connectivity index (χ2v) is 8.54. The molecule has 2 amide bonds. The third kappa shape index (κ3) is 4.03. The minimum Gasteiger partial charge on any atom is -0.502 e. The molecule has 3 rings (SSSR count). The smallest absolute Gasteiger partial charge is 0.375 e. The van der Waals surface area contributed by atoms with E-state index in [4.69, 9.17) is 4.74 Å². The molecule has 2 aromatic rings. The van der Waals surface area contributed by atoms with E-state index < -0.39 is 34.7 Å². The molecule has 0 aromatic heterocycles. The highest BCUT2D eigenvalue weighted by atomic mass is 16.6. The summed E-state index contributed by atoms with van der Waals surface area (Å²) in [6, 6.07) is 13.8. The number of aliphatic hydroxyl groups is 1. The highest BCUT2D eigenvalue weighted by molar-refractivity contribution is 6.21. The number of nitrogens with zero attached hydrogens (tertiary/aromatic N) is 1. The van der Waals surface area contributed by atoms with Crippen molar-refractivity contribution in [1.29, 1.82) is 0 Å². The molecule has 1 aliphatic heterocycles. The van der Waals surface area contributed by atoms with Crippen molar-refractivity contribution < 1.29 is 24.2 Å². The van der Waals surface area contributed by atoms with Gasteiger partial charge in [-0.15, -0.1) is 0 Å². The van der Waals surface area contributed by atoms with E-state index in [0.29, 0.717) is 11.3 Å². The van der Waals surface area contributed by atoms with Crippen LogP contribution in [0.25, 0.3) is 6.08 Å². The molecular formula is C24H26N2O5. The second-order valence-electron chi connectivity index (χ2n) is 8.54. The molecule has 7 heteroatoms. The standard InChI is InChI=1S/C24H26N2O5/c1-15-10-6-7-11-16(15)14-19(27)20(28)31-24(21(29)25-23(2,3)4)17-12-8-9-13-18(17)26(5)22(24)30/h6-14,27H,1-5H3,(H,25,29)/b19-14-. The molecule has 31 heavy (non-hydrogen) atoms. The topological polar surface area (TPSA) is 95.9 Å². The summed E-state index contributed by atoms with van der Waals surface area (Å²) in [6.07, 6.45) is 1.25. The largest absolute Gasteiger partial charge is 0.502 e. The fourth-order valence-electron chi connectivity index (χ4n) is 3.46. The molecule has 0 spiro atoms. The molecule has 7 nitrogen and oxygen atoms in total. The van der Waals surface area contributed by atoms with Gasteiger partial charge in [-0.2, -0.15) is 0 Å². The van der Waals surface area contributed by atoms with E-state index in [0.717, 1.165) is 5.56 Å². The minimum atomic E-state index is -2.25. The van der Waals surface area contributed by atoms with Gasteiger partial charge in [0.1, 0.15) is 0 Å². The van der Waals surface area contributed by atoms with Crippen LogP contribution < -0.4 is 10.2 Å². The predicted molar refractivity (Wildman–Crippen MR) is 117 cm³/mol. The summed E-state index contributed by atoms with van der Waals surface area (Å²) >= 11 is 0. The van der Waals surface area contributed by atoms with Crippen LogP contribution in [0.15, 0.2) is 54.3 Å². The molecule has 2 N–H and O–H groups in total. The number of benzene rings is 2. The van der Waals surface area contributed by atoms with E-state index in [1.165, 1.54) is 18.0 Å². The maximum Gasteiger partial charge on any atom is 0.375 e. The lowest BCUT2D eigenvalue weighted by molar-refractivity contribution is -0.173. The SMILES string of the molecule is Cc1ccccc1/C=C(\O)C(=O)OC1(C(=O)NC(C)(C)C)C(=O)N(C)c2ccccc21. The van der Waals surface area contributed by atoms with Gasteiger partial charge in [0.05, 0.1) is 5.69 Å². The number of esters is 1. The van der Waals surface area contributed by atoms with Gasteiger partial charge >= 0.3 is 5.97 Å². The van der Waals surface area contributed by atoms with Crippen LogP contribution in [0.2, 0.25) is 0 Å². The third-order valence-electron chi connectivity index (χ3n) is 4.99. The lowest BCUT2D eigenvalue weighted by Crippen LogP contribution is -2.57. The fourth-order valence-corrected chi connectivity index (χ4v) is 3.46. The summed E-state index contributed by atoms with van der Waals surface area (Å²) in [7, 11) is 1.50. The van der Waals surface area contributed by atoms with E-state index in [-0.39, 0.29) is 5.56 Å². The molecule has 1 atom stereocenters. The van der Waals surface area contributed by atoms with Gasteiger partial charge in [0.2, 0.25) is 5.76 Å². The van der Waals surface area contributed by atoms with Gasteiger partial charge in [-0.25, -0.2) is 4.79 Å². The zero-order valence-electron chi connectivity index (χ0n) is 18.2. The first-order valence-electron chi connectivity index (χ1n) is 9.87. The Morgan fingerprint density at radius 1 is 1.10 bits per heavy atom. The average molecular weight is 422 g/mol. The van der Waals surface area contributed by atoms with E-state index >= 15 is 0 Å². The van der Waals surface area contributed by atoms with E-state index in [9.17, 15) is 19.5 Å². The van der Waals surface area contributed by atoms with E-state index in [1.807, 2.05) is 19.1 Å². The van der Waals surface area contributed by atoms with Crippen molar-refractivity contribution in [2.24, 2.45) is 0 Å². The zero-order chi connectivity index (χ0) is 23.0. The van der Waals surface area contributed by atoms with Gasteiger partial charge in [-0.05, 0) is 51.0 Å². The van der Waals surface area contributed by atoms with Crippen LogP contribution in [0.4, 0.5) is 5.69 Å². The first-order valence-corrected chi connectivity index (χ1v) is 9.87. The first-order chi connectivity index (χ1) is 14.5. The number of aliphatic hydroxyl groups excluding tert-OH is 1. The van der Waals surface area contributed by atoms with Crippen LogP contribution in [0.5, 0.6) is 0 Å². The number of anilines is 1. The van der Waals surface area contributed by atoms with Crippen LogP contribution >= 0.6 is 0 Å². The van der Waals surface area contributed by atoms with Crippen LogP contribution in [0, 0.1) is 6.92 Å². The quantitative estimate of drug-likeness (QED) is 0.341. The zero-order valence-corrected chi connectivity index (χ0v) is 18.2. The first kappa shape index (κ1) is 22.1. The Morgan fingerprint density at radius 2 is 1.71 bits per heavy atom. The molecule has 0 saturated heterocycles. The number of carbonyl (C=O) groups is 3. The molecule has 1 aliphatic rings. The molecule has 0 saturated carbocycles. The van der Waals surface area contributed by atoms with Crippen molar-refractivity contribution in [1.82, 2.24) is 5.32 Å². The molecule has 2 aromatic carbocycles. The fraction of sp³-hybridized carbons (Fsp3) is 0.292. The number of fused-ring (bicyclic) bond motifs is 1. The van der Waals surface area contributed by atoms with Gasteiger partial charge in [0, 0.05) is 18.2 Å². The Kier molecular flexibility index (Phi) is 5.63. The van der Waals surface area contributed by atoms with Crippen LogP contribution in [-0.4, -0.2) is 35.5 Å². The second kappa shape index (κ2) is 7.91. The Bertz CT molecular complexity index is 1080. The number of rotatable bonds is 4. The summed E-state index contributed by atoms with van der Waals surface area (Å²) in [6.45, 7) is 7.09. The number of hydrogen-bond donors (Lipinski definition) is 2. The number of likely N-dealkylation sites (N-methyl/N-ethyl adjacent to an activating group) is 1. The summed E-state index contributed by atoms with van der Waals surface area (Å²) in [5, 5.41) is 13.1. The van der Waals surface area contributed by atoms with Crippen LogP contribution in [-0.2, 0) is 24.7 Å². The maximum absolute atomic E-state index is 13.3. The normalized spacial score (nSPS) is 18.5. The lowest BCUT2D eigenvalue weighted by atomic mass is 9.92. The van der Waals surface area contributed by atoms with Crippen molar-refractivity contribution in [3.63, 3.8) is 0 Å². The van der Waals surface area contributed by atoms with Crippen molar-refractivity contribution >= 4 is 29.5 Å². The average Bonchev–Trinajstić information content (AvgIpc) is 2.91. The molecule has 1 unspecified atom stereocenters. The summed E-state index contributed by atoms with van der Waals surface area (Å²) in [4.78, 5) is 40.7. The van der Waals surface area contributed by atoms with Gasteiger partial charge in [-0.1, -0.05) is 42.5 Å². The number of aryl methyl sites for hydroxylation is 1. The molecule has 0 aliphatic carbocycles. The highest BCUT2D eigenvalue weighted by Crippen LogP contribution is 2.43. The van der Waals surface area contributed by atoms with Crippen molar-refractivity contribution in [2.45, 2.75) is 38.8 Å². The number of para-hydroxylation sites is 1. The van der Waals surface area contributed by atoms with Gasteiger partial charge < -0.3 is 20.1 Å². The summed E-state index contributed by atoms with van der Waals surface area (Å²) in [5.41, 5.74) is -0.799. The maximum atomic E-state index is 13.3. The van der Waals surface area contributed by atoms with E-state index in [1.54, 1.807) is 57.2 Å². The molecule has 1 heterocycles. The molecule has 162 valence electrons. The molecule has 0 fully saturated rings. The predicted octanol–water partition coefficient (Wildman–Crippen LogP) is 3.22. The Morgan fingerprint density at radius 3 is 2.35 bits per heavy atom. The van der Waals surface area contributed by atoms with Crippen molar-refractivity contribution in [3.05, 3.63) is 71.0 Å². The van der Waals surface area contributed by atoms with Crippen molar-refractivity contribution in [2.75, 3.05) is 11.9 Å². The summed E-state index contributed by atoms with van der Waals surface area (Å²) < 4.78 is 5.53. The highest BCUT2D eigenvalue weighted by Gasteiger charge is 2.59. The Hall–Kier alpha value is -3.61. The number of ether oxygens (including phenoxy) is 1. The van der Waals surface area contributed by atoms with Gasteiger partial charge in [0.25, 0.3) is 17.4 Å². The molecular weight excluding hydrogens is 396 g/mol. The lowest BCUT2D eigenvalue weighted by Gasteiger charge is -2.31. The van der Waals surface area contributed by atoms with E-state index in [2.05, 4.69) is 5.32 Å². The monoisotopic (exact) mass is 422 g/mol. The molecule has 0 radical (unpaired) electrons. The van der Waals surface area contributed by atoms with Crippen molar-refractivity contribution in [3.8, 4) is 0 Å². The Balaban J connectivity index is 2.07. The van der Waals surface area contributed by atoms with Crippen LogP contribution in [0.3, 0.4) is 0 Å². The number of hydrogen-bond acceptors (Lipinski definition) is 5.